The second-order valence-electron chi connectivity index (χ2n) is 3.67. The van der Waals surface area contributed by atoms with Gasteiger partial charge < -0.3 is 26.0 Å². The maximum Gasteiger partial charge on any atom is 0.133 e. The van der Waals surface area contributed by atoms with E-state index in [9.17, 15) is 9.42 Å². The Hall–Kier alpha value is -0.990. The number of hydrogen-bond acceptors (Lipinski definition) is 4. The summed E-state index contributed by atoms with van der Waals surface area (Å²) in [5.74, 6) is 0.974. The van der Waals surface area contributed by atoms with Crippen LogP contribution in [0, 0.1) is 5.21 Å². The average molecular weight is 277 g/mol. The van der Waals surface area contributed by atoms with Gasteiger partial charge in [-0.05, 0) is 11.6 Å². The second-order valence-corrected chi connectivity index (χ2v) is 5.11. The van der Waals surface area contributed by atoms with Gasteiger partial charge in [0.2, 0.25) is 0 Å². The van der Waals surface area contributed by atoms with Crippen LogP contribution in [0.15, 0.2) is 18.2 Å². The lowest BCUT2D eigenvalue weighted by Crippen LogP contribution is -2.70. The van der Waals surface area contributed by atoms with Gasteiger partial charge in [-0.15, -0.1) is 0 Å². The molecule has 1 atom stereocenters. The molecule has 0 aliphatic rings. The number of nitrogens with two attached hydrogens (primary N) is 1. The van der Waals surface area contributed by atoms with Crippen LogP contribution in [0.1, 0.15) is 12.0 Å². The summed E-state index contributed by atoms with van der Waals surface area (Å²) in [6.45, 7) is 0.465. The van der Waals surface area contributed by atoms with Crippen LogP contribution in [-0.4, -0.2) is 34.3 Å². The van der Waals surface area contributed by atoms with Gasteiger partial charge in [0.25, 0.3) is 0 Å². The monoisotopic (exact) mass is 277 g/mol. The molecular formula is C11H19NO5S. The van der Waals surface area contributed by atoms with Gasteiger partial charge in [-0.2, -0.15) is 0 Å². The fourth-order valence-corrected chi connectivity index (χ4v) is 2.05. The van der Waals surface area contributed by atoms with Crippen LogP contribution in [-0.2, 0) is 16.6 Å². The molecule has 0 radical (unpaired) electrons. The summed E-state index contributed by atoms with van der Waals surface area (Å²) in [7, 11) is -0.954. The van der Waals surface area contributed by atoms with E-state index in [-0.39, 0.29) is 12.1 Å². The molecule has 0 saturated heterocycles. The van der Waals surface area contributed by atoms with Crippen molar-refractivity contribution >= 4 is 16.5 Å². The first kappa shape index (κ1) is 17.0. The zero-order chi connectivity index (χ0) is 12.7. The highest BCUT2D eigenvalue weighted by Crippen LogP contribution is 2.19. The van der Waals surface area contributed by atoms with Crippen LogP contribution >= 0.6 is 0 Å². The molecular weight excluding hydrogens is 258 g/mol. The van der Waals surface area contributed by atoms with Crippen molar-refractivity contribution in [3.63, 3.8) is 0 Å². The first-order valence-corrected chi connectivity index (χ1v) is 7.01. The summed E-state index contributed by atoms with van der Waals surface area (Å²) >= 11 is 0. The zero-order valence-corrected chi connectivity index (χ0v) is 11.0. The fourth-order valence-electron chi connectivity index (χ4n) is 1.41. The Kier molecular flexibility index (Phi) is 8.51. The third kappa shape index (κ3) is 6.08. The SMILES string of the molecule is CS(=O)Cc1cc([NH2+][O-])cc(OCCCO)c1.O. The Bertz CT molecular complexity index is 386. The minimum Gasteiger partial charge on any atom is -0.630 e. The third-order valence-electron chi connectivity index (χ3n) is 2.07. The van der Waals surface area contributed by atoms with Crippen molar-refractivity contribution in [2.24, 2.45) is 0 Å². The van der Waals surface area contributed by atoms with Crippen LogP contribution < -0.4 is 10.2 Å². The Morgan fingerprint density at radius 2 is 2.17 bits per heavy atom. The van der Waals surface area contributed by atoms with Crippen molar-refractivity contribution in [3.8, 4) is 5.75 Å². The molecule has 18 heavy (non-hydrogen) atoms. The summed E-state index contributed by atoms with van der Waals surface area (Å²) in [4.78, 5) is 0. The summed E-state index contributed by atoms with van der Waals surface area (Å²) < 4.78 is 16.5. The number of aliphatic hydroxyl groups excluding tert-OH is 1. The number of hydrogen-bond donors (Lipinski definition) is 2. The lowest BCUT2D eigenvalue weighted by atomic mass is 10.2. The van der Waals surface area contributed by atoms with E-state index in [0.717, 1.165) is 11.0 Å². The maximum atomic E-state index is 11.1. The molecule has 0 bridgehead atoms. The molecule has 1 aromatic rings. The molecule has 0 aromatic heterocycles. The highest BCUT2D eigenvalue weighted by Gasteiger charge is 2.04. The van der Waals surface area contributed by atoms with E-state index in [4.69, 9.17) is 9.84 Å². The van der Waals surface area contributed by atoms with Crippen LogP contribution in [0.5, 0.6) is 5.75 Å². The van der Waals surface area contributed by atoms with Crippen molar-refractivity contribution in [1.82, 2.24) is 0 Å². The Morgan fingerprint density at radius 3 is 2.72 bits per heavy atom. The molecule has 1 unspecified atom stereocenters. The molecule has 5 N–H and O–H groups in total. The molecule has 0 amide bonds. The first-order chi connectivity index (χ1) is 8.15. The highest BCUT2D eigenvalue weighted by atomic mass is 32.2. The van der Waals surface area contributed by atoms with E-state index >= 15 is 0 Å². The Labute approximate surface area is 108 Å². The number of ether oxygens (including phenoxy) is 1. The van der Waals surface area contributed by atoms with Crippen molar-refractivity contribution in [2.45, 2.75) is 12.2 Å². The van der Waals surface area contributed by atoms with E-state index < -0.39 is 10.8 Å². The lowest BCUT2D eigenvalue weighted by molar-refractivity contribution is -0.497. The van der Waals surface area contributed by atoms with Gasteiger partial charge in [-0.3, -0.25) is 4.21 Å². The minimum atomic E-state index is -0.954. The molecule has 0 aliphatic heterocycles. The van der Waals surface area contributed by atoms with Crippen molar-refractivity contribution in [2.75, 3.05) is 19.5 Å². The van der Waals surface area contributed by atoms with Crippen LogP contribution in [0.25, 0.3) is 0 Å². The quantitative estimate of drug-likeness (QED) is 0.385. The maximum absolute atomic E-state index is 11.1. The molecule has 1 rings (SSSR count). The van der Waals surface area contributed by atoms with Gasteiger partial charge in [-0.1, -0.05) is 0 Å². The Morgan fingerprint density at radius 1 is 1.44 bits per heavy atom. The molecule has 6 nitrogen and oxygen atoms in total. The van der Waals surface area contributed by atoms with Crippen molar-refractivity contribution in [3.05, 3.63) is 29.0 Å². The predicted octanol–water partition coefficient (Wildman–Crippen LogP) is -0.806. The number of benzene rings is 1. The molecule has 0 spiro atoms. The van der Waals surface area contributed by atoms with E-state index in [1.807, 2.05) is 0 Å². The average Bonchev–Trinajstić information content (AvgIpc) is 2.28. The number of quaternary nitrogens is 1. The predicted molar refractivity (Wildman–Crippen MR) is 70.0 cm³/mol. The highest BCUT2D eigenvalue weighted by molar-refractivity contribution is 7.83. The largest absolute Gasteiger partial charge is 0.630 e. The van der Waals surface area contributed by atoms with Crippen LogP contribution in [0.2, 0.25) is 0 Å². The number of rotatable bonds is 7. The molecule has 0 saturated carbocycles. The molecule has 104 valence electrons. The smallest absolute Gasteiger partial charge is 0.133 e. The van der Waals surface area contributed by atoms with Crippen LogP contribution in [0.4, 0.5) is 5.69 Å². The van der Waals surface area contributed by atoms with Gasteiger partial charge in [0.05, 0.1) is 6.61 Å². The van der Waals surface area contributed by atoms with Gasteiger partial charge in [0.15, 0.2) is 0 Å². The lowest BCUT2D eigenvalue weighted by Gasteiger charge is -2.10. The summed E-state index contributed by atoms with van der Waals surface area (Å²) in [5, 5.41) is 19.4. The molecule has 0 heterocycles. The van der Waals surface area contributed by atoms with E-state index in [0.29, 0.717) is 30.2 Å². The second kappa shape index (κ2) is 9.01. The van der Waals surface area contributed by atoms with Gasteiger partial charge >= 0.3 is 0 Å². The standard InChI is InChI=1S/C11H17NO4S.H2O/c1-17(15)8-9-5-10(12-14)7-11(6-9)16-4-2-3-13;/h5-7,13H,2-4,8,12H2,1H3;1H2. The fraction of sp³-hybridized carbons (Fsp3) is 0.455. The molecule has 7 heteroatoms. The normalized spacial score (nSPS) is 11.7. The van der Waals surface area contributed by atoms with Gasteiger partial charge in [-0.25, -0.2) is 0 Å². The topological polar surface area (TPSA) is 118 Å². The zero-order valence-electron chi connectivity index (χ0n) is 10.2. The van der Waals surface area contributed by atoms with E-state index in [1.165, 1.54) is 0 Å². The van der Waals surface area contributed by atoms with E-state index in [2.05, 4.69) is 0 Å². The summed E-state index contributed by atoms with van der Waals surface area (Å²) in [6.07, 6.45) is 2.15. The van der Waals surface area contributed by atoms with Gasteiger partial charge in [0, 0.05) is 48.0 Å². The molecule has 0 aliphatic carbocycles. The van der Waals surface area contributed by atoms with Crippen molar-refractivity contribution < 1.29 is 25.0 Å². The van der Waals surface area contributed by atoms with Crippen molar-refractivity contribution in [1.29, 1.82) is 0 Å². The van der Waals surface area contributed by atoms with Gasteiger partial charge in [0.1, 0.15) is 11.4 Å². The molecule has 0 fully saturated rings. The minimum absolute atomic E-state index is 0. The Balaban J connectivity index is 0.00000289. The van der Waals surface area contributed by atoms with Crippen LogP contribution in [0.3, 0.4) is 0 Å². The molecule has 1 aromatic carbocycles. The third-order valence-corrected chi connectivity index (χ3v) is 2.81. The first-order valence-electron chi connectivity index (χ1n) is 5.28. The summed E-state index contributed by atoms with van der Waals surface area (Å²) in [6, 6.07) is 5.10. The number of aliphatic hydroxyl groups is 1. The summed E-state index contributed by atoms with van der Waals surface area (Å²) in [5.41, 5.74) is 2.06. The van der Waals surface area contributed by atoms with E-state index in [1.54, 1.807) is 24.5 Å².